The molecule has 1 aliphatic carbocycles. The van der Waals surface area contributed by atoms with E-state index in [4.69, 9.17) is 9.47 Å². The van der Waals surface area contributed by atoms with E-state index < -0.39 is 0 Å². The van der Waals surface area contributed by atoms with Gasteiger partial charge in [-0.15, -0.1) is 0 Å². The Kier molecular flexibility index (Phi) is 6.07. The van der Waals surface area contributed by atoms with Crippen LogP contribution in [0.4, 0.5) is 0 Å². The zero-order chi connectivity index (χ0) is 15.1. The van der Waals surface area contributed by atoms with Gasteiger partial charge in [0.1, 0.15) is 5.75 Å². The van der Waals surface area contributed by atoms with Gasteiger partial charge in [0, 0.05) is 13.2 Å². The van der Waals surface area contributed by atoms with Gasteiger partial charge in [-0.3, -0.25) is 0 Å². The number of ether oxygens (including phenoxy) is 2. The number of benzene rings is 1. The Morgan fingerprint density at radius 1 is 1.19 bits per heavy atom. The highest BCUT2D eigenvalue weighted by molar-refractivity contribution is 5.29. The maximum Gasteiger partial charge on any atom is 0.119 e. The molecule has 118 valence electrons. The second-order valence-electron chi connectivity index (χ2n) is 5.97. The predicted molar refractivity (Wildman–Crippen MR) is 86.9 cm³/mol. The maximum absolute atomic E-state index is 5.78. The highest BCUT2D eigenvalue weighted by Crippen LogP contribution is 2.42. The van der Waals surface area contributed by atoms with Gasteiger partial charge in [0.15, 0.2) is 0 Å². The first-order valence-corrected chi connectivity index (χ1v) is 8.24. The van der Waals surface area contributed by atoms with Crippen molar-refractivity contribution < 1.29 is 9.47 Å². The van der Waals surface area contributed by atoms with Crippen LogP contribution in [-0.2, 0) is 4.74 Å². The number of hydrogen-bond acceptors (Lipinski definition) is 3. The van der Waals surface area contributed by atoms with E-state index in [9.17, 15) is 0 Å². The molecule has 0 saturated heterocycles. The molecule has 0 heterocycles. The van der Waals surface area contributed by atoms with Crippen molar-refractivity contribution in [2.75, 3.05) is 20.3 Å². The van der Waals surface area contributed by atoms with Crippen molar-refractivity contribution in [3.05, 3.63) is 29.8 Å². The van der Waals surface area contributed by atoms with Crippen LogP contribution in [0.25, 0.3) is 0 Å². The molecule has 1 N–H and O–H groups in total. The topological polar surface area (TPSA) is 30.5 Å². The van der Waals surface area contributed by atoms with E-state index in [-0.39, 0.29) is 5.60 Å². The molecule has 1 fully saturated rings. The molecule has 0 aliphatic heterocycles. The second kappa shape index (κ2) is 7.81. The Morgan fingerprint density at radius 3 is 2.38 bits per heavy atom. The summed E-state index contributed by atoms with van der Waals surface area (Å²) in [6.07, 6.45) is 5.74. The quantitative estimate of drug-likeness (QED) is 0.743. The Morgan fingerprint density at radius 2 is 1.90 bits per heavy atom. The van der Waals surface area contributed by atoms with Gasteiger partial charge in [0.2, 0.25) is 0 Å². The van der Waals surface area contributed by atoms with E-state index in [2.05, 4.69) is 43.4 Å². The third-order valence-electron chi connectivity index (χ3n) is 4.48. The molecule has 3 nitrogen and oxygen atoms in total. The highest BCUT2D eigenvalue weighted by atomic mass is 16.5. The summed E-state index contributed by atoms with van der Waals surface area (Å²) in [6, 6.07) is 8.88. The molecule has 1 aromatic carbocycles. The molecule has 1 atom stereocenters. The van der Waals surface area contributed by atoms with Gasteiger partial charge in [0.05, 0.1) is 12.2 Å². The molecule has 0 amide bonds. The van der Waals surface area contributed by atoms with E-state index in [0.29, 0.717) is 6.04 Å². The molecular weight excluding hydrogens is 262 g/mol. The fourth-order valence-electron chi connectivity index (χ4n) is 3.01. The number of hydrogen-bond donors (Lipinski definition) is 1. The zero-order valence-electron chi connectivity index (χ0n) is 13.7. The van der Waals surface area contributed by atoms with Gasteiger partial charge < -0.3 is 14.8 Å². The van der Waals surface area contributed by atoms with Crippen LogP contribution < -0.4 is 10.1 Å². The smallest absolute Gasteiger partial charge is 0.119 e. The molecule has 1 saturated carbocycles. The monoisotopic (exact) mass is 291 g/mol. The predicted octanol–water partition coefficient (Wildman–Crippen LogP) is 4.09. The Hall–Kier alpha value is -1.06. The Bertz CT molecular complexity index is 406. The largest absolute Gasteiger partial charge is 0.494 e. The van der Waals surface area contributed by atoms with Crippen molar-refractivity contribution in [2.45, 2.75) is 57.6 Å². The summed E-state index contributed by atoms with van der Waals surface area (Å²) in [7, 11) is 1.85. The molecule has 21 heavy (non-hydrogen) atoms. The molecule has 3 heteroatoms. The lowest BCUT2D eigenvalue weighted by molar-refractivity contribution is -0.0837. The van der Waals surface area contributed by atoms with Crippen LogP contribution in [0, 0.1) is 0 Å². The maximum atomic E-state index is 5.78. The van der Waals surface area contributed by atoms with Crippen LogP contribution in [0.1, 0.15) is 57.6 Å². The van der Waals surface area contributed by atoms with E-state index in [1.165, 1.54) is 24.8 Å². The first-order chi connectivity index (χ1) is 10.2. The zero-order valence-corrected chi connectivity index (χ0v) is 13.7. The van der Waals surface area contributed by atoms with Gasteiger partial charge >= 0.3 is 0 Å². The Balaban J connectivity index is 2.03. The normalized spacial score (nSPS) is 18.0. The van der Waals surface area contributed by atoms with Gasteiger partial charge in [0.25, 0.3) is 0 Å². The van der Waals surface area contributed by atoms with Crippen LogP contribution in [0.5, 0.6) is 5.75 Å². The van der Waals surface area contributed by atoms with Crippen molar-refractivity contribution in [1.29, 1.82) is 0 Å². The van der Waals surface area contributed by atoms with E-state index in [1.807, 2.05) is 7.11 Å². The van der Waals surface area contributed by atoms with Crippen molar-refractivity contribution >= 4 is 0 Å². The van der Waals surface area contributed by atoms with E-state index in [1.54, 1.807) is 0 Å². The number of methoxy groups -OCH3 is 1. The molecule has 1 aliphatic rings. The summed E-state index contributed by atoms with van der Waals surface area (Å²) in [5.41, 5.74) is 1.41. The average Bonchev–Trinajstić information content (AvgIpc) is 2.48. The number of nitrogens with one attached hydrogen (secondary N) is 1. The second-order valence-corrected chi connectivity index (χ2v) is 5.97. The van der Waals surface area contributed by atoms with Crippen LogP contribution in [0.3, 0.4) is 0 Å². The highest BCUT2D eigenvalue weighted by Gasteiger charge is 2.39. The summed E-state index contributed by atoms with van der Waals surface area (Å²) in [6.45, 7) is 6.03. The third-order valence-corrected chi connectivity index (χ3v) is 4.48. The lowest BCUT2D eigenvalue weighted by Crippen LogP contribution is -2.42. The lowest BCUT2D eigenvalue weighted by atomic mass is 9.74. The molecule has 1 aromatic rings. The van der Waals surface area contributed by atoms with Gasteiger partial charge in [-0.25, -0.2) is 0 Å². The number of rotatable bonds is 9. The standard InChI is InChI=1S/C18H29NO2/c1-4-13-21-16-9-7-15(8-10-16)17(19-5-2)14-18(20-3)11-6-12-18/h7-10,17,19H,4-6,11-14H2,1-3H3. The summed E-state index contributed by atoms with van der Waals surface area (Å²) >= 11 is 0. The Labute approximate surface area is 129 Å². The van der Waals surface area contributed by atoms with Crippen LogP contribution in [-0.4, -0.2) is 25.9 Å². The molecule has 0 spiro atoms. The fourth-order valence-corrected chi connectivity index (χ4v) is 3.01. The first kappa shape index (κ1) is 16.3. The van der Waals surface area contributed by atoms with Crippen LogP contribution in [0.15, 0.2) is 24.3 Å². The molecule has 0 radical (unpaired) electrons. The van der Waals surface area contributed by atoms with Crippen molar-refractivity contribution in [3.63, 3.8) is 0 Å². The molecular formula is C18H29NO2. The first-order valence-electron chi connectivity index (χ1n) is 8.24. The average molecular weight is 291 g/mol. The molecule has 0 aromatic heterocycles. The van der Waals surface area contributed by atoms with Gasteiger partial charge in [-0.2, -0.15) is 0 Å². The lowest BCUT2D eigenvalue weighted by Gasteiger charge is -2.43. The summed E-state index contributed by atoms with van der Waals surface area (Å²) < 4.78 is 11.4. The van der Waals surface area contributed by atoms with Crippen LogP contribution in [0.2, 0.25) is 0 Å². The minimum absolute atomic E-state index is 0.0875. The molecule has 2 rings (SSSR count). The molecule has 0 bridgehead atoms. The minimum atomic E-state index is 0.0875. The summed E-state index contributed by atoms with van der Waals surface area (Å²) in [4.78, 5) is 0. The summed E-state index contributed by atoms with van der Waals surface area (Å²) in [5.74, 6) is 0.959. The minimum Gasteiger partial charge on any atom is -0.494 e. The van der Waals surface area contributed by atoms with Gasteiger partial charge in [-0.05, 0) is 56.3 Å². The fraction of sp³-hybridized carbons (Fsp3) is 0.667. The van der Waals surface area contributed by atoms with Crippen molar-refractivity contribution in [3.8, 4) is 5.75 Å². The summed E-state index contributed by atoms with van der Waals surface area (Å²) in [5, 5.41) is 3.60. The van der Waals surface area contributed by atoms with Crippen molar-refractivity contribution in [2.24, 2.45) is 0 Å². The van der Waals surface area contributed by atoms with Crippen molar-refractivity contribution in [1.82, 2.24) is 5.32 Å². The van der Waals surface area contributed by atoms with E-state index in [0.717, 1.165) is 31.7 Å². The van der Waals surface area contributed by atoms with E-state index >= 15 is 0 Å². The third kappa shape index (κ3) is 4.21. The van der Waals surface area contributed by atoms with Crippen LogP contribution >= 0.6 is 0 Å². The molecule has 1 unspecified atom stereocenters. The SMILES string of the molecule is CCCOc1ccc(C(CC2(OC)CCC2)NCC)cc1. The van der Waals surface area contributed by atoms with Gasteiger partial charge in [-0.1, -0.05) is 26.0 Å².